The fraction of sp³-hybridized carbons (Fsp3) is 0.278. The zero-order valence-electron chi connectivity index (χ0n) is 14.4. The van der Waals surface area contributed by atoms with Crippen LogP contribution in [0.1, 0.15) is 6.42 Å². The van der Waals surface area contributed by atoms with Gasteiger partial charge in [0.2, 0.25) is 15.9 Å². The zero-order chi connectivity index (χ0) is 19.3. The molecule has 3 rings (SSSR count). The molecule has 7 nitrogen and oxygen atoms in total. The Morgan fingerprint density at radius 2 is 1.81 bits per heavy atom. The average Bonchev–Trinajstić information content (AvgIpc) is 2.66. The van der Waals surface area contributed by atoms with Gasteiger partial charge in [0.15, 0.2) is 11.5 Å². The van der Waals surface area contributed by atoms with Gasteiger partial charge in [0.05, 0.1) is 11.4 Å². The summed E-state index contributed by atoms with van der Waals surface area (Å²) in [6.07, 6.45) is -0.261. The van der Waals surface area contributed by atoms with Crippen LogP contribution in [0.5, 0.6) is 11.5 Å². The van der Waals surface area contributed by atoms with E-state index in [0.29, 0.717) is 18.1 Å². The molecule has 0 bridgehead atoms. The van der Waals surface area contributed by atoms with Gasteiger partial charge in [0, 0.05) is 17.4 Å². The highest BCUT2D eigenvalue weighted by Gasteiger charge is 2.21. The minimum absolute atomic E-state index is 0.00902. The number of benzene rings is 2. The van der Waals surface area contributed by atoms with E-state index >= 15 is 0 Å². The summed E-state index contributed by atoms with van der Waals surface area (Å²) < 4.78 is 38.8. The second kappa shape index (κ2) is 8.73. The van der Waals surface area contributed by atoms with E-state index in [1.54, 1.807) is 18.2 Å². The van der Waals surface area contributed by atoms with E-state index in [9.17, 15) is 13.2 Å². The number of sulfonamides is 1. The van der Waals surface area contributed by atoms with Gasteiger partial charge in [0.1, 0.15) is 12.7 Å². The van der Waals surface area contributed by atoms with Gasteiger partial charge >= 0.3 is 0 Å². The number of carbonyl (C=O) groups excluding carboxylic acids is 1. The second-order valence-corrected chi connectivity index (χ2v) is 8.59. The van der Waals surface area contributed by atoms with E-state index in [0.717, 1.165) is 4.47 Å². The number of carbonyl (C=O) groups is 1. The van der Waals surface area contributed by atoms with Crippen LogP contribution >= 0.6 is 15.9 Å². The maximum atomic E-state index is 12.2. The van der Waals surface area contributed by atoms with Crippen molar-refractivity contribution in [3.05, 3.63) is 53.0 Å². The van der Waals surface area contributed by atoms with Gasteiger partial charge in [-0.15, -0.1) is 0 Å². The van der Waals surface area contributed by atoms with E-state index in [-0.39, 0.29) is 36.4 Å². The highest BCUT2D eigenvalue weighted by Crippen LogP contribution is 2.30. The molecule has 1 heterocycles. The monoisotopic (exact) mass is 454 g/mol. The summed E-state index contributed by atoms with van der Waals surface area (Å²) >= 11 is 3.26. The normalized spacial score (nSPS) is 16.0. The molecule has 2 aromatic carbocycles. The molecule has 1 atom stereocenters. The molecule has 0 saturated heterocycles. The number of hydrogen-bond acceptors (Lipinski definition) is 5. The van der Waals surface area contributed by atoms with Crippen molar-refractivity contribution in [2.24, 2.45) is 0 Å². The van der Waals surface area contributed by atoms with Crippen LogP contribution in [0.15, 0.2) is 57.9 Å². The fourth-order valence-corrected chi connectivity index (χ4v) is 3.77. The Bertz CT molecular complexity index is 902. The third-order valence-corrected chi connectivity index (χ3v) is 5.87. The van der Waals surface area contributed by atoms with Crippen LogP contribution in [-0.4, -0.2) is 40.1 Å². The lowest BCUT2D eigenvalue weighted by molar-refractivity contribution is -0.121. The number of halogens is 1. The molecule has 0 unspecified atom stereocenters. The standard InChI is InChI=1S/C18H19BrN2O5S/c19-13-5-7-15(8-6-13)27(23,24)21-10-9-18(22)20-11-14-12-25-16-3-1-2-4-17(16)26-14/h1-8,14,21H,9-12H2,(H,20,22)/t14-/m0/s1. The Hall–Kier alpha value is -2.10. The van der Waals surface area contributed by atoms with Crippen molar-refractivity contribution < 1.29 is 22.7 Å². The Balaban J connectivity index is 1.41. The molecule has 2 aromatic rings. The number of hydrogen-bond donors (Lipinski definition) is 2. The number of amides is 1. The Labute approximate surface area is 166 Å². The van der Waals surface area contributed by atoms with Crippen LogP contribution in [0, 0.1) is 0 Å². The molecular formula is C18H19BrN2O5S. The highest BCUT2D eigenvalue weighted by atomic mass is 79.9. The third-order valence-electron chi connectivity index (χ3n) is 3.86. The lowest BCUT2D eigenvalue weighted by atomic mass is 10.2. The van der Waals surface area contributed by atoms with E-state index in [1.807, 2.05) is 18.2 Å². The average molecular weight is 455 g/mol. The Morgan fingerprint density at radius 1 is 1.11 bits per heavy atom. The van der Waals surface area contributed by atoms with Gasteiger partial charge < -0.3 is 14.8 Å². The van der Waals surface area contributed by atoms with Crippen LogP contribution in [0.4, 0.5) is 0 Å². The molecule has 144 valence electrons. The van der Waals surface area contributed by atoms with Crippen molar-refractivity contribution in [3.63, 3.8) is 0 Å². The first kappa shape index (κ1) is 19.7. The summed E-state index contributed by atoms with van der Waals surface area (Å²) in [5, 5.41) is 2.73. The van der Waals surface area contributed by atoms with Crippen LogP contribution in [0.2, 0.25) is 0 Å². The topological polar surface area (TPSA) is 93.7 Å². The molecule has 0 fully saturated rings. The molecule has 2 N–H and O–H groups in total. The maximum absolute atomic E-state index is 12.2. The Morgan fingerprint density at radius 3 is 2.56 bits per heavy atom. The first-order valence-corrected chi connectivity index (χ1v) is 10.6. The maximum Gasteiger partial charge on any atom is 0.240 e. The van der Waals surface area contributed by atoms with Crippen molar-refractivity contribution in [2.75, 3.05) is 19.7 Å². The first-order valence-electron chi connectivity index (χ1n) is 8.34. The molecule has 0 aromatic heterocycles. The van der Waals surface area contributed by atoms with E-state index < -0.39 is 10.0 Å². The van der Waals surface area contributed by atoms with Crippen LogP contribution in [-0.2, 0) is 14.8 Å². The minimum atomic E-state index is -3.64. The highest BCUT2D eigenvalue weighted by molar-refractivity contribution is 9.10. The quantitative estimate of drug-likeness (QED) is 0.667. The molecule has 1 amide bonds. The van der Waals surface area contributed by atoms with E-state index in [4.69, 9.17) is 9.47 Å². The predicted octanol–water partition coefficient (Wildman–Crippen LogP) is 2.07. The van der Waals surface area contributed by atoms with Gasteiger partial charge in [-0.3, -0.25) is 4.79 Å². The zero-order valence-corrected chi connectivity index (χ0v) is 16.8. The van der Waals surface area contributed by atoms with E-state index in [1.165, 1.54) is 12.1 Å². The van der Waals surface area contributed by atoms with Crippen molar-refractivity contribution in [1.29, 1.82) is 0 Å². The number of fused-ring (bicyclic) bond motifs is 1. The van der Waals surface area contributed by atoms with Crippen molar-refractivity contribution in [3.8, 4) is 11.5 Å². The van der Waals surface area contributed by atoms with Crippen molar-refractivity contribution in [1.82, 2.24) is 10.0 Å². The molecular weight excluding hydrogens is 436 g/mol. The molecule has 0 saturated carbocycles. The second-order valence-electron chi connectivity index (χ2n) is 5.90. The molecule has 1 aliphatic rings. The number of nitrogens with one attached hydrogen (secondary N) is 2. The van der Waals surface area contributed by atoms with Gasteiger partial charge in [-0.25, -0.2) is 13.1 Å². The summed E-state index contributed by atoms with van der Waals surface area (Å²) in [7, 11) is -3.64. The van der Waals surface area contributed by atoms with Gasteiger partial charge in [0.25, 0.3) is 0 Å². The number of rotatable bonds is 7. The summed E-state index contributed by atoms with van der Waals surface area (Å²) in [6, 6.07) is 13.6. The molecule has 0 aliphatic carbocycles. The first-order chi connectivity index (χ1) is 12.9. The van der Waals surface area contributed by atoms with Crippen LogP contribution < -0.4 is 19.5 Å². The van der Waals surface area contributed by atoms with Gasteiger partial charge in [-0.1, -0.05) is 28.1 Å². The van der Waals surface area contributed by atoms with Gasteiger partial charge in [-0.05, 0) is 36.4 Å². The summed E-state index contributed by atoms with van der Waals surface area (Å²) in [5.74, 6) is 1.06. The lowest BCUT2D eigenvalue weighted by Gasteiger charge is -2.26. The largest absolute Gasteiger partial charge is 0.486 e. The van der Waals surface area contributed by atoms with Crippen LogP contribution in [0.3, 0.4) is 0 Å². The number of ether oxygens (including phenoxy) is 2. The molecule has 9 heteroatoms. The molecule has 27 heavy (non-hydrogen) atoms. The molecule has 0 spiro atoms. The predicted molar refractivity (Wildman–Crippen MR) is 103 cm³/mol. The van der Waals surface area contributed by atoms with Crippen molar-refractivity contribution in [2.45, 2.75) is 17.4 Å². The summed E-state index contributed by atoms with van der Waals surface area (Å²) in [4.78, 5) is 12.1. The smallest absolute Gasteiger partial charge is 0.240 e. The lowest BCUT2D eigenvalue weighted by Crippen LogP contribution is -2.41. The van der Waals surface area contributed by atoms with Gasteiger partial charge in [-0.2, -0.15) is 0 Å². The third kappa shape index (κ3) is 5.44. The SMILES string of the molecule is O=C(CCNS(=O)(=O)c1ccc(Br)cc1)NC[C@H]1COc2ccccc2O1. The van der Waals surface area contributed by atoms with E-state index in [2.05, 4.69) is 26.0 Å². The summed E-state index contributed by atoms with van der Waals surface area (Å²) in [5.41, 5.74) is 0. The summed E-state index contributed by atoms with van der Waals surface area (Å²) in [6.45, 7) is 0.634. The minimum Gasteiger partial charge on any atom is -0.486 e. The Kier molecular flexibility index (Phi) is 6.35. The molecule has 1 aliphatic heterocycles. The van der Waals surface area contributed by atoms with Crippen molar-refractivity contribution >= 4 is 31.9 Å². The fourth-order valence-electron chi connectivity index (χ4n) is 2.48. The van der Waals surface area contributed by atoms with Crippen LogP contribution in [0.25, 0.3) is 0 Å². The molecule has 0 radical (unpaired) electrons. The number of para-hydroxylation sites is 2.